The van der Waals surface area contributed by atoms with E-state index in [1.54, 1.807) is 0 Å². The topological polar surface area (TPSA) is 35.5 Å². The molecule has 6 heteroatoms. The first-order valence-corrected chi connectivity index (χ1v) is 13.4. The normalized spacial score (nSPS) is 28.9. The predicted octanol–water partition coefficient (Wildman–Crippen LogP) is 3.14. The molecule has 0 N–H and O–H groups in total. The summed E-state index contributed by atoms with van der Waals surface area (Å²) in [6, 6.07) is 0.155. The third kappa shape index (κ3) is 5.32. The quantitative estimate of drug-likeness (QED) is 0.577. The molecule has 0 aliphatic carbocycles. The van der Waals surface area contributed by atoms with Crippen molar-refractivity contribution in [1.29, 1.82) is 0 Å². The SMILES string of the molecule is B[C@@H]1O[C@H](CCP(C)(C)=O)C[C@@H]1O[Si](C)(C)C(C)(C)C. The molecule has 3 nitrogen and oxygen atoms in total. The van der Waals surface area contributed by atoms with Crippen molar-refractivity contribution in [3.05, 3.63) is 0 Å². The van der Waals surface area contributed by atoms with Crippen LogP contribution >= 0.6 is 7.14 Å². The number of rotatable bonds is 5. The first kappa shape index (κ1) is 18.5. The molecule has 0 aromatic carbocycles. The highest BCUT2D eigenvalue weighted by molar-refractivity contribution is 7.62. The lowest BCUT2D eigenvalue weighted by atomic mass is 9.94. The third-order valence-corrected chi connectivity index (χ3v) is 10.5. The summed E-state index contributed by atoms with van der Waals surface area (Å²) in [7, 11) is -1.57. The molecule has 0 amide bonds. The van der Waals surface area contributed by atoms with Gasteiger partial charge in [0.15, 0.2) is 8.32 Å². The van der Waals surface area contributed by atoms with E-state index in [2.05, 4.69) is 41.7 Å². The summed E-state index contributed by atoms with van der Waals surface area (Å²) < 4.78 is 24.3. The molecule has 3 atom stereocenters. The minimum absolute atomic E-state index is 0.155. The third-order valence-electron chi connectivity index (χ3n) is 4.67. The summed E-state index contributed by atoms with van der Waals surface area (Å²) in [5, 5.41) is 0.230. The zero-order valence-corrected chi connectivity index (χ0v) is 16.4. The summed E-state index contributed by atoms with van der Waals surface area (Å²) in [6.45, 7) is 15.1. The monoisotopic (exact) mass is 318 g/mol. The molecule has 1 aliphatic rings. The van der Waals surface area contributed by atoms with Crippen molar-refractivity contribution in [2.75, 3.05) is 19.5 Å². The maximum atomic E-state index is 11.8. The van der Waals surface area contributed by atoms with Gasteiger partial charge in [0.25, 0.3) is 0 Å². The molecular weight excluding hydrogens is 286 g/mol. The molecule has 1 heterocycles. The van der Waals surface area contributed by atoms with Crippen molar-refractivity contribution >= 4 is 23.3 Å². The molecule has 1 rings (SSSR count). The second kappa shape index (κ2) is 6.28. The average Bonchev–Trinajstić information content (AvgIpc) is 2.53. The summed E-state index contributed by atoms with van der Waals surface area (Å²) in [5.41, 5.74) is 0. The van der Waals surface area contributed by atoms with E-state index in [0.717, 1.165) is 19.0 Å². The molecule has 20 heavy (non-hydrogen) atoms. The van der Waals surface area contributed by atoms with Crippen LogP contribution in [0.4, 0.5) is 0 Å². The van der Waals surface area contributed by atoms with Gasteiger partial charge >= 0.3 is 0 Å². The fourth-order valence-corrected chi connectivity index (χ4v) is 4.55. The maximum Gasteiger partial charge on any atom is 0.192 e. The summed E-state index contributed by atoms with van der Waals surface area (Å²) >= 11 is 0. The van der Waals surface area contributed by atoms with Crippen molar-refractivity contribution in [1.82, 2.24) is 0 Å². The van der Waals surface area contributed by atoms with Gasteiger partial charge in [-0.25, -0.2) is 0 Å². The van der Waals surface area contributed by atoms with Gasteiger partial charge in [-0.15, -0.1) is 0 Å². The van der Waals surface area contributed by atoms with Gasteiger partial charge in [-0.3, -0.25) is 0 Å². The molecule has 1 saturated heterocycles. The number of hydrogen-bond donors (Lipinski definition) is 0. The first-order chi connectivity index (χ1) is 8.82. The average molecular weight is 318 g/mol. The molecule has 0 aromatic heterocycles. The molecule has 0 saturated carbocycles. The standard InChI is InChI=1S/C14H32BO3PSi/c1-14(2,3)20(6,7)18-12-10-11(17-13(12)15)8-9-19(4,5)16/h11-13H,8-10,15H2,1-7H3/t11-,12+,13-/m1/s1. The van der Waals surface area contributed by atoms with Crippen LogP contribution in [0.1, 0.15) is 33.6 Å². The van der Waals surface area contributed by atoms with E-state index in [1.165, 1.54) is 0 Å². The lowest BCUT2D eigenvalue weighted by molar-refractivity contribution is 0.0618. The van der Waals surface area contributed by atoms with Gasteiger partial charge < -0.3 is 13.7 Å². The van der Waals surface area contributed by atoms with Crippen molar-refractivity contribution in [2.45, 2.75) is 70.0 Å². The summed E-state index contributed by atoms with van der Waals surface area (Å²) in [5.74, 6) is 0. The minimum atomic E-state index is -1.94. The molecule has 1 aliphatic heterocycles. The molecule has 1 fully saturated rings. The van der Waals surface area contributed by atoms with E-state index in [9.17, 15) is 4.57 Å². The zero-order valence-electron chi connectivity index (χ0n) is 14.5. The van der Waals surface area contributed by atoms with Crippen molar-refractivity contribution < 1.29 is 13.7 Å². The Morgan fingerprint density at radius 2 is 1.90 bits per heavy atom. The van der Waals surface area contributed by atoms with E-state index in [1.807, 2.05) is 13.3 Å². The van der Waals surface area contributed by atoms with Crippen LogP contribution in [0.3, 0.4) is 0 Å². The molecule has 0 bridgehead atoms. The van der Waals surface area contributed by atoms with Crippen molar-refractivity contribution in [2.24, 2.45) is 0 Å². The largest absolute Gasteiger partial charge is 0.412 e. The highest BCUT2D eigenvalue weighted by Gasteiger charge is 2.43. The summed E-state index contributed by atoms with van der Waals surface area (Å²) in [4.78, 5) is 0. The maximum absolute atomic E-state index is 11.8. The molecular formula is C14H32BO3PSi. The van der Waals surface area contributed by atoms with E-state index < -0.39 is 15.5 Å². The fourth-order valence-electron chi connectivity index (χ4n) is 2.24. The Hall–Kier alpha value is 0.432. The van der Waals surface area contributed by atoms with E-state index in [0.29, 0.717) is 0 Å². The molecule has 0 unspecified atom stereocenters. The number of hydrogen-bond acceptors (Lipinski definition) is 3. The molecule has 0 radical (unpaired) electrons. The van der Waals surface area contributed by atoms with Gasteiger partial charge in [0.2, 0.25) is 0 Å². The first-order valence-electron chi connectivity index (χ1n) is 7.69. The Morgan fingerprint density at radius 1 is 1.35 bits per heavy atom. The smallest absolute Gasteiger partial charge is 0.192 e. The Balaban J connectivity index is 2.56. The number of ether oxygens (including phenoxy) is 1. The lowest BCUT2D eigenvalue weighted by Crippen LogP contribution is -2.46. The Bertz CT molecular complexity index is 375. The van der Waals surface area contributed by atoms with E-state index in [-0.39, 0.29) is 23.2 Å². The van der Waals surface area contributed by atoms with Crippen molar-refractivity contribution in [3.63, 3.8) is 0 Å². The summed E-state index contributed by atoms with van der Waals surface area (Å²) in [6.07, 6.45) is 3.04. The van der Waals surface area contributed by atoms with Gasteiger partial charge in [0.1, 0.15) is 7.85 Å². The highest BCUT2D eigenvalue weighted by atomic mass is 31.2. The van der Waals surface area contributed by atoms with Crippen LogP contribution < -0.4 is 0 Å². The minimum Gasteiger partial charge on any atom is -0.412 e. The van der Waals surface area contributed by atoms with E-state index in [4.69, 9.17) is 9.16 Å². The second-order valence-corrected chi connectivity index (χ2v) is 16.6. The van der Waals surface area contributed by atoms with Crippen LogP contribution in [0, 0.1) is 0 Å². The molecule has 0 spiro atoms. The predicted molar refractivity (Wildman–Crippen MR) is 92.8 cm³/mol. The van der Waals surface area contributed by atoms with Crippen LogP contribution in [-0.2, 0) is 13.7 Å². The van der Waals surface area contributed by atoms with Gasteiger partial charge in [-0.05, 0) is 37.9 Å². The fraction of sp³-hybridized carbons (Fsp3) is 1.00. The Kier molecular flexibility index (Phi) is 5.80. The van der Waals surface area contributed by atoms with Crippen LogP contribution in [0.2, 0.25) is 18.1 Å². The van der Waals surface area contributed by atoms with Gasteiger partial charge in [-0.2, -0.15) is 0 Å². The van der Waals surface area contributed by atoms with E-state index >= 15 is 0 Å². The van der Waals surface area contributed by atoms with Crippen LogP contribution in [0.25, 0.3) is 0 Å². The Labute approximate surface area is 127 Å². The zero-order chi connectivity index (χ0) is 15.8. The van der Waals surface area contributed by atoms with Gasteiger partial charge in [0, 0.05) is 18.6 Å². The molecule has 0 aromatic rings. The second-order valence-electron chi connectivity index (χ2n) is 8.20. The van der Waals surface area contributed by atoms with Gasteiger partial charge in [-0.1, -0.05) is 20.8 Å². The molecule has 118 valence electrons. The highest BCUT2D eigenvalue weighted by Crippen LogP contribution is 2.41. The van der Waals surface area contributed by atoms with Crippen molar-refractivity contribution in [3.8, 4) is 0 Å². The van der Waals surface area contributed by atoms with Crippen LogP contribution in [0.15, 0.2) is 0 Å². The van der Waals surface area contributed by atoms with Crippen LogP contribution in [0.5, 0.6) is 0 Å². The lowest BCUT2D eigenvalue weighted by Gasteiger charge is -2.39. The van der Waals surface area contributed by atoms with Crippen LogP contribution in [-0.4, -0.2) is 53.9 Å². The Morgan fingerprint density at radius 3 is 2.35 bits per heavy atom. The van der Waals surface area contributed by atoms with Gasteiger partial charge in [0.05, 0.1) is 19.3 Å².